The molecule has 6 nitrogen and oxygen atoms in total. The van der Waals surface area contributed by atoms with Crippen molar-refractivity contribution in [2.45, 2.75) is 19.4 Å². The van der Waals surface area contributed by atoms with E-state index in [1.165, 1.54) is 24.3 Å². The van der Waals surface area contributed by atoms with E-state index in [-0.39, 0.29) is 18.4 Å². The van der Waals surface area contributed by atoms with Crippen molar-refractivity contribution in [1.82, 2.24) is 10.2 Å². The van der Waals surface area contributed by atoms with Crippen LogP contribution in [0.1, 0.15) is 13.3 Å². The summed E-state index contributed by atoms with van der Waals surface area (Å²) in [5.41, 5.74) is 0. The maximum atomic E-state index is 11.4. The molecule has 0 radical (unpaired) electrons. The number of rotatable bonds is 3. The molecule has 0 saturated carbocycles. The summed E-state index contributed by atoms with van der Waals surface area (Å²) in [7, 11) is 1.26. The number of imide groups is 1. The van der Waals surface area contributed by atoms with E-state index in [0.29, 0.717) is 6.42 Å². The van der Waals surface area contributed by atoms with Crippen LogP contribution >= 0.6 is 0 Å². The monoisotopic (exact) mass is 226 g/mol. The van der Waals surface area contributed by atoms with Crippen LogP contribution < -0.4 is 5.32 Å². The highest BCUT2D eigenvalue weighted by atomic mass is 16.5. The van der Waals surface area contributed by atoms with E-state index in [1.54, 1.807) is 0 Å². The largest absolute Gasteiger partial charge is 0.466 e. The average Bonchev–Trinajstić information content (AvgIpc) is 2.25. The van der Waals surface area contributed by atoms with Crippen LogP contribution in [0.3, 0.4) is 0 Å². The summed E-state index contributed by atoms with van der Waals surface area (Å²) in [6, 6.07) is -0.418. The van der Waals surface area contributed by atoms with E-state index in [2.05, 4.69) is 10.1 Å². The van der Waals surface area contributed by atoms with Gasteiger partial charge in [-0.3, -0.25) is 14.9 Å². The van der Waals surface area contributed by atoms with Gasteiger partial charge in [-0.15, -0.1) is 0 Å². The first-order valence-electron chi connectivity index (χ1n) is 4.94. The minimum Gasteiger partial charge on any atom is -0.466 e. The predicted octanol–water partition coefficient (Wildman–Crippen LogP) is -0.590. The molecule has 0 spiro atoms. The van der Waals surface area contributed by atoms with Gasteiger partial charge in [0.25, 0.3) is 0 Å². The van der Waals surface area contributed by atoms with Crippen LogP contribution in [0.4, 0.5) is 0 Å². The summed E-state index contributed by atoms with van der Waals surface area (Å²) in [5.74, 6) is -1.23. The lowest BCUT2D eigenvalue weighted by Gasteiger charge is -2.32. The molecule has 1 N–H and O–H groups in total. The van der Waals surface area contributed by atoms with Crippen molar-refractivity contribution < 1.29 is 19.1 Å². The molecule has 1 atom stereocenters. The molecule has 0 aliphatic carbocycles. The number of piperazine rings is 1. The molecule has 6 heteroatoms. The van der Waals surface area contributed by atoms with Gasteiger partial charge in [-0.05, 0) is 6.42 Å². The fraction of sp³-hybridized carbons (Fsp3) is 0.500. The van der Waals surface area contributed by atoms with Crippen molar-refractivity contribution >= 4 is 17.8 Å². The van der Waals surface area contributed by atoms with Crippen LogP contribution in [0.2, 0.25) is 0 Å². The van der Waals surface area contributed by atoms with Crippen molar-refractivity contribution in [1.29, 1.82) is 0 Å². The van der Waals surface area contributed by atoms with Crippen molar-refractivity contribution in [3.63, 3.8) is 0 Å². The molecule has 2 amide bonds. The molecule has 1 saturated heterocycles. The Morgan fingerprint density at radius 2 is 2.31 bits per heavy atom. The molecule has 1 rings (SSSR count). The Morgan fingerprint density at radius 1 is 1.62 bits per heavy atom. The summed E-state index contributed by atoms with van der Waals surface area (Å²) >= 11 is 0. The summed E-state index contributed by atoms with van der Waals surface area (Å²) in [5, 5.41) is 2.24. The third kappa shape index (κ3) is 2.82. The van der Waals surface area contributed by atoms with E-state index >= 15 is 0 Å². The maximum Gasteiger partial charge on any atom is 0.331 e. The van der Waals surface area contributed by atoms with Crippen molar-refractivity contribution in [3.8, 4) is 0 Å². The van der Waals surface area contributed by atoms with Crippen LogP contribution in [-0.2, 0) is 19.1 Å². The van der Waals surface area contributed by atoms with Gasteiger partial charge in [0.15, 0.2) is 0 Å². The molecule has 0 bridgehead atoms. The minimum absolute atomic E-state index is 0.0672. The highest BCUT2D eigenvalue weighted by molar-refractivity contribution is 6.01. The average molecular weight is 226 g/mol. The molecule has 1 aliphatic heterocycles. The zero-order valence-corrected chi connectivity index (χ0v) is 9.23. The van der Waals surface area contributed by atoms with E-state index in [1.807, 2.05) is 6.92 Å². The maximum absolute atomic E-state index is 11.4. The van der Waals surface area contributed by atoms with Crippen molar-refractivity contribution in [2.75, 3.05) is 13.7 Å². The van der Waals surface area contributed by atoms with Gasteiger partial charge in [0, 0.05) is 12.3 Å². The number of ether oxygens (including phenoxy) is 1. The van der Waals surface area contributed by atoms with Crippen LogP contribution in [0.5, 0.6) is 0 Å². The van der Waals surface area contributed by atoms with Crippen LogP contribution in [0.15, 0.2) is 12.3 Å². The minimum atomic E-state index is -0.520. The van der Waals surface area contributed by atoms with Crippen LogP contribution in [0.25, 0.3) is 0 Å². The van der Waals surface area contributed by atoms with Gasteiger partial charge >= 0.3 is 5.97 Å². The molecule has 1 heterocycles. The Kier molecular flexibility index (Phi) is 4.04. The molecule has 0 aromatic rings. The van der Waals surface area contributed by atoms with Gasteiger partial charge in [0.2, 0.25) is 11.8 Å². The zero-order chi connectivity index (χ0) is 12.1. The lowest BCUT2D eigenvalue weighted by molar-refractivity contribution is -0.139. The van der Waals surface area contributed by atoms with Gasteiger partial charge in [-0.1, -0.05) is 6.92 Å². The number of esters is 1. The Labute approximate surface area is 93.2 Å². The predicted molar refractivity (Wildman–Crippen MR) is 55.1 cm³/mol. The third-order valence-corrected chi connectivity index (χ3v) is 2.28. The molecule has 1 fully saturated rings. The molecule has 0 aromatic carbocycles. The van der Waals surface area contributed by atoms with Gasteiger partial charge in [-0.25, -0.2) is 4.79 Å². The summed E-state index contributed by atoms with van der Waals surface area (Å²) < 4.78 is 4.43. The van der Waals surface area contributed by atoms with E-state index in [0.717, 1.165) is 0 Å². The molecule has 1 unspecified atom stereocenters. The smallest absolute Gasteiger partial charge is 0.331 e. The molecule has 16 heavy (non-hydrogen) atoms. The van der Waals surface area contributed by atoms with Gasteiger partial charge in [0.1, 0.15) is 6.04 Å². The fourth-order valence-corrected chi connectivity index (χ4v) is 1.49. The van der Waals surface area contributed by atoms with E-state index in [4.69, 9.17) is 0 Å². The van der Waals surface area contributed by atoms with Crippen molar-refractivity contribution in [2.24, 2.45) is 0 Å². The van der Waals surface area contributed by atoms with Gasteiger partial charge < -0.3 is 9.64 Å². The van der Waals surface area contributed by atoms with Crippen LogP contribution in [-0.4, -0.2) is 42.4 Å². The molecular formula is C10H14N2O4. The number of carbonyl (C=O) groups is 3. The number of methoxy groups -OCH3 is 1. The number of nitrogens with zero attached hydrogens (tertiary/aromatic N) is 1. The SMILES string of the molecule is CCC1C(=O)NC(=O)CN1C=CC(=O)OC. The van der Waals surface area contributed by atoms with Crippen molar-refractivity contribution in [3.05, 3.63) is 12.3 Å². The molecule has 88 valence electrons. The lowest BCUT2D eigenvalue weighted by atomic mass is 10.1. The van der Waals surface area contributed by atoms with E-state index in [9.17, 15) is 14.4 Å². The van der Waals surface area contributed by atoms with E-state index < -0.39 is 12.0 Å². The highest BCUT2D eigenvalue weighted by Crippen LogP contribution is 2.09. The Morgan fingerprint density at radius 3 is 2.88 bits per heavy atom. The molecular weight excluding hydrogens is 212 g/mol. The fourth-order valence-electron chi connectivity index (χ4n) is 1.49. The lowest BCUT2D eigenvalue weighted by Crippen LogP contribution is -2.55. The summed E-state index contributed by atoms with van der Waals surface area (Å²) in [6.07, 6.45) is 3.16. The first-order chi connectivity index (χ1) is 7.58. The normalized spacial score (nSPS) is 21.1. The Hall–Kier alpha value is -1.85. The second-order valence-electron chi connectivity index (χ2n) is 3.35. The highest BCUT2D eigenvalue weighted by Gasteiger charge is 2.30. The quantitative estimate of drug-likeness (QED) is 0.395. The summed E-state index contributed by atoms with van der Waals surface area (Å²) in [4.78, 5) is 35.0. The molecule has 1 aliphatic rings. The number of hydrogen-bond acceptors (Lipinski definition) is 5. The topological polar surface area (TPSA) is 75.7 Å². The van der Waals surface area contributed by atoms with Gasteiger partial charge in [-0.2, -0.15) is 0 Å². The number of hydrogen-bond donors (Lipinski definition) is 1. The zero-order valence-electron chi connectivity index (χ0n) is 9.23. The first-order valence-corrected chi connectivity index (χ1v) is 4.94. The van der Waals surface area contributed by atoms with Crippen LogP contribution in [0, 0.1) is 0 Å². The second-order valence-corrected chi connectivity index (χ2v) is 3.35. The second kappa shape index (κ2) is 5.29. The summed E-state index contributed by atoms with van der Waals surface area (Å²) in [6.45, 7) is 1.90. The Balaban J connectivity index is 2.74. The molecule has 0 aromatic heterocycles. The standard InChI is InChI=1S/C10H14N2O4/c1-3-7-10(15)11-8(13)6-12(7)5-4-9(14)16-2/h4-5,7H,3,6H2,1-2H3,(H,11,13,15). The first kappa shape index (κ1) is 12.2. The number of nitrogens with one attached hydrogen (secondary N) is 1. The number of amides is 2. The van der Waals surface area contributed by atoms with Gasteiger partial charge in [0.05, 0.1) is 13.7 Å². The number of carbonyl (C=O) groups excluding carboxylic acids is 3. The Bertz CT molecular complexity index is 338. The third-order valence-electron chi connectivity index (χ3n) is 2.28.